The lowest BCUT2D eigenvalue weighted by Gasteiger charge is -2.15. The van der Waals surface area contributed by atoms with Crippen LogP contribution in [0.25, 0.3) is 0 Å². The summed E-state index contributed by atoms with van der Waals surface area (Å²) < 4.78 is 5.45. The quantitative estimate of drug-likeness (QED) is 0.812. The summed E-state index contributed by atoms with van der Waals surface area (Å²) in [5.41, 5.74) is 6.96. The first-order chi connectivity index (χ1) is 8.75. The predicted molar refractivity (Wildman–Crippen MR) is 70.1 cm³/mol. The molecule has 1 amide bonds. The summed E-state index contributed by atoms with van der Waals surface area (Å²) in [5.74, 6) is -0.102. The molecular formula is C14H20N2O2. The molecule has 0 bridgehead atoms. The van der Waals surface area contributed by atoms with E-state index in [0.717, 1.165) is 25.0 Å². The van der Waals surface area contributed by atoms with Crippen LogP contribution < -0.4 is 11.1 Å². The van der Waals surface area contributed by atoms with Gasteiger partial charge in [-0.05, 0) is 24.8 Å². The maximum atomic E-state index is 11.8. The van der Waals surface area contributed by atoms with E-state index in [2.05, 4.69) is 5.32 Å². The Kier molecular flexibility index (Phi) is 4.73. The zero-order valence-electron chi connectivity index (χ0n) is 10.5. The molecule has 4 nitrogen and oxygen atoms in total. The average Bonchev–Trinajstić information content (AvgIpc) is 2.90. The summed E-state index contributed by atoms with van der Waals surface area (Å²) in [4.78, 5) is 11.8. The average molecular weight is 248 g/mol. The van der Waals surface area contributed by atoms with Crippen LogP contribution in [0.2, 0.25) is 0 Å². The lowest BCUT2D eigenvalue weighted by molar-refractivity contribution is -0.122. The van der Waals surface area contributed by atoms with Crippen LogP contribution in [0.1, 0.15) is 18.4 Å². The highest BCUT2D eigenvalue weighted by molar-refractivity contribution is 5.81. The number of nitrogens with two attached hydrogens (primary N) is 1. The van der Waals surface area contributed by atoms with E-state index in [-0.39, 0.29) is 12.0 Å². The second-order valence-corrected chi connectivity index (χ2v) is 4.68. The highest BCUT2D eigenvalue weighted by atomic mass is 16.5. The fraction of sp³-hybridized carbons (Fsp3) is 0.500. The van der Waals surface area contributed by atoms with Gasteiger partial charge in [-0.2, -0.15) is 0 Å². The van der Waals surface area contributed by atoms with Crippen LogP contribution >= 0.6 is 0 Å². The summed E-state index contributed by atoms with van der Waals surface area (Å²) in [6.45, 7) is 1.37. The van der Waals surface area contributed by atoms with Gasteiger partial charge in [0.05, 0.1) is 12.1 Å². The van der Waals surface area contributed by atoms with E-state index >= 15 is 0 Å². The molecule has 98 valence electrons. The fourth-order valence-corrected chi connectivity index (χ4v) is 2.11. The number of amides is 1. The highest BCUT2D eigenvalue weighted by Crippen LogP contribution is 2.10. The summed E-state index contributed by atoms with van der Waals surface area (Å²) in [6, 6.07) is 9.32. The third kappa shape index (κ3) is 3.82. The van der Waals surface area contributed by atoms with Crippen LogP contribution in [0.4, 0.5) is 0 Å². The monoisotopic (exact) mass is 248 g/mol. The number of hydrogen-bond donors (Lipinski definition) is 2. The second-order valence-electron chi connectivity index (χ2n) is 4.68. The number of ether oxygens (including phenoxy) is 1. The normalized spacial score (nSPS) is 20.6. The van der Waals surface area contributed by atoms with Crippen LogP contribution in [0.5, 0.6) is 0 Å². The Morgan fingerprint density at radius 3 is 2.89 bits per heavy atom. The lowest BCUT2D eigenvalue weighted by atomic mass is 10.1. The van der Waals surface area contributed by atoms with Gasteiger partial charge in [-0.1, -0.05) is 30.3 Å². The Balaban J connectivity index is 1.74. The summed E-state index contributed by atoms with van der Waals surface area (Å²) >= 11 is 0. The van der Waals surface area contributed by atoms with E-state index in [0.29, 0.717) is 13.0 Å². The molecule has 1 aliphatic heterocycles. The molecule has 1 unspecified atom stereocenters. The Morgan fingerprint density at radius 2 is 2.22 bits per heavy atom. The molecule has 0 saturated carbocycles. The maximum Gasteiger partial charge on any atom is 0.237 e. The Bertz CT molecular complexity index is 375. The number of hydrogen-bond acceptors (Lipinski definition) is 3. The molecule has 1 fully saturated rings. The molecule has 0 radical (unpaired) electrons. The maximum absolute atomic E-state index is 11.8. The van der Waals surface area contributed by atoms with Gasteiger partial charge in [0.25, 0.3) is 0 Å². The topological polar surface area (TPSA) is 64.4 Å². The zero-order chi connectivity index (χ0) is 12.8. The second kappa shape index (κ2) is 6.52. The highest BCUT2D eigenvalue weighted by Gasteiger charge is 2.18. The van der Waals surface area contributed by atoms with Crippen LogP contribution in [-0.2, 0) is 16.0 Å². The number of carbonyl (C=O) groups is 1. The van der Waals surface area contributed by atoms with Gasteiger partial charge in [0, 0.05) is 13.2 Å². The SMILES string of the molecule is N[C@H](Cc1ccccc1)C(=O)NCC1CCCO1. The minimum absolute atomic E-state index is 0.102. The number of rotatable bonds is 5. The van der Waals surface area contributed by atoms with Crippen molar-refractivity contribution in [3.63, 3.8) is 0 Å². The standard InChI is InChI=1S/C14H20N2O2/c15-13(9-11-5-2-1-3-6-11)14(17)16-10-12-7-4-8-18-12/h1-3,5-6,12-13H,4,7-10,15H2,(H,16,17)/t12?,13-/m1/s1. The van der Waals surface area contributed by atoms with Crippen LogP contribution in [0.15, 0.2) is 30.3 Å². The van der Waals surface area contributed by atoms with Crippen molar-refractivity contribution in [3.8, 4) is 0 Å². The molecule has 1 aromatic carbocycles. The number of nitrogens with one attached hydrogen (secondary N) is 1. The minimum atomic E-state index is -0.492. The smallest absolute Gasteiger partial charge is 0.237 e. The van der Waals surface area contributed by atoms with Crippen molar-refractivity contribution in [3.05, 3.63) is 35.9 Å². The van der Waals surface area contributed by atoms with E-state index in [1.807, 2.05) is 30.3 Å². The van der Waals surface area contributed by atoms with E-state index < -0.39 is 6.04 Å². The Hall–Kier alpha value is -1.39. The van der Waals surface area contributed by atoms with Crippen molar-refractivity contribution in [2.24, 2.45) is 5.73 Å². The molecule has 4 heteroatoms. The van der Waals surface area contributed by atoms with E-state index in [1.165, 1.54) is 0 Å². The minimum Gasteiger partial charge on any atom is -0.376 e. The van der Waals surface area contributed by atoms with Gasteiger partial charge >= 0.3 is 0 Å². The third-order valence-electron chi connectivity index (χ3n) is 3.16. The molecule has 1 saturated heterocycles. The molecule has 2 atom stereocenters. The molecule has 18 heavy (non-hydrogen) atoms. The third-order valence-corrected chi connectivity index (χ3v) is 3.16. The largest absolute Gasteiger partial charge is 0.376 e. The lowest BCUT2D eigenvalue weighted by Crippen LogP contribution is -2.44. The zero-order valence-corrected chi connectivity index (χ0v) is 10.5. The van der Waals surface area contributed by atoms with Gasteiger partial charge in [-0.15, -0.1) is 0 Å². The van der Waals surface area contributed by atoms with Gasteiger partial charge in [0.15, 0.2) is 0 Å². The van der Waals surface area contributed by atoms with E-state index in [4.69, 9.17) is 10.5 Å². The van der Waals surface area contributed by atoms with Crippen LogP contribution in [-0.4, -0.2) is 31.2 Å². The van der Waals surface area contributed by atoms with E-state index in [9.17, 15) is 4.79 Å². The van der Waals surface area contributed by atoms with E-state index in [1.54, 1.807) is 0 Å². The van der Waals surface area contributed by atoms with Crippen molar-refractivity contribution >= 4 is 5.91 Å². The molecule has 0 aliphatic carbocycles. The first-order valence-electron chi connectivity index (χ1n) is 6.44. The Labute approximate surface area is 108 Å². The predicted octanol–water partition coefficient (Wildman–Crippen LogP) is 0.852. The summed E-state index contributed by atoms with van der Waals surface area (Å²) in [6.07, 6.45) is 2.83. The van der Waals surface area contributed by atoms with Gasteiger partial charge in [-0.3, -0.25) is 4.79 Å². The first-order valence-corrected chi connectivity index (χ1v) is 6.44. The van der Waals surface area contributed by atoms with Crippen molar-refractivity contribution in [2.75, 3.05) is 13.2 Å². The number of benzene rings is 1. The molecule has 1 aliphatic rings. The Morgan fingerprint density at radius 1 is 1.44 bits per heavy atom. The van der Waals surface area contributed by atoms with Gasteiger partial charge in [0.2, 0.25) is 5.91 Å². The molecular weight excluding hydrogens is 228 g/mol. The van der Waals surface area contributed by atoms with Crippen molar-refractivity contribution < 1.29 is 9.53 Å². The fourth-order valence-electron chi connectivity index (χ4n) is 2.11. The number of carbonyl (C=O) groups excluding carboxylic acids is 1. The molecule has 1 heterocycles. The molecule has 0 aromatic heterocycles. The molecule has 3 N–H and O–H groups in total. The van der Waals surface area contributed by atoms with Gasteiger partial charge < -0.3 is 15.8 Å². The van der Waals surface area contributed by atoms with Crippen molar-refractivity contribution in [2.45, 2.75) is 31.4 Å². The summed E-state index contributed by atoms with van der Waals surface area (Å²) in [5, 5.41) is 2.86. The van der Waals surface area contributed by atoms with Crippen LogP contribution in [0, 0.1) is 0 Å². The van der Waals surface area contributed by atoms with Gasteiger partial charge in [0.1, 0.15) is 0 Å². The molecule has 1 aromatic rings. The van der Waals surface area contributed by atoms with Crippen molar-refractivity contribution in [1.82, 2.24) is 5.32 Å². The van der Waals surface area contributed by atoms with Crippen LogP contribution in [0.3, 0.4) is 0 Å². The first kappa shape index (κ1) is 13.1. The van der Waals surface area contributed by atoms with Crippen molar-refractivity contribution in [1.29, 1.82) is 0 Å². The van der Waals surface area contributed by atoms with Gasteiger partial charge in [-0.25, -0.2) is 0 Å². The molecule has 2 rings (SSSR count). The molecule has 0 spiro atoms. The summed E-state index contributed by atoms with van der Waals surface area (Å²) in [7, 11) is 0.